The minimum atomic E-state index is -0.0298. The van der Waals surface area contributed by atoms with Gasteiger partial charge in [-0.15, -0.1) is 0 Å². The number of aromatic nitrogens is 2. The first-order chi connectivity index (χ1) is 15.2. The molecule has 1 aromatic heterocycles. The Morgan fingerprint density at radius 3 is 2.42 bits per heavy atom. The highest BCUT2D eigenvalue weighted by Crippen LogP contribution is 2.16. The molecular formula is C26H27N3O2. The predicted octanol–water partition coefficient (Wildman–Crippen LogP) is 4.63. The van der Waals surface area contributed by atoms with Gasteiger partial charge in [0.2, 0.25) is 5.91 Å². The number of imidazole rings is 1. The largest absolute Gasteiger partial charge is 0.372 e. The number of nitrogens with zero attached hydrogens (tertiary/aromatic N) is 2. The number of nitrogens with one attached hydrogen (secondary N) is 1. The minimum absolute atomic E-state index is 0.0298. The molecule has 158 valence electrons. The Morgan fingerprint density at radius 1 is 0.903 bits per heavy atom. The topological polar surface area (TPSA) is 56.2 Å². The maximum atomic E-state index is 12.7. The number of amides is 1. The Kier molecular flexibility index (Phi) is 6.75. The standard InChI is InChI=1S/C26H27N3O2/c1-2-25-28-23-14-8-9-15-24(23)29(25)17-26(30)27-16-21-12-6-7-13-22(21)19-31-18-20-10-4-3-5-11-20/h3-15H,2,16-19H2,1H3,(H,27,30). The van der Waals surface area contributed by atoms with E-state index >= 15 is 0 Å². The molecular weight excluding hydrogens is 386 g/mol. The second kappa shape index (κ2) is 10.0. The molecule has 0 aliphatic carbocycles. The molecule has 1 heterocycles. The van der Waals surface area contributed by atoms with E-state index in [-0.39, 0.29) is 12.5 Å². The zero-order chi connectivity index (χ0) is 21.5. The number of hydrogen-bond acceptors (Lipinski definition) is 3. The van der Waals surface area contributed by atoms with Crippen LogP contribution in [0.4, 0.5) is 0 Å². The van der Waals surface area contributed by atoms with Gasteiger partial charge in [-0.1, -0.05) is 73.7 Å². The van der Waals surface area contributed by atoms with Crippen LogP contribution in [-0.2, 0) is 42.3 Å². The lowest BCUT2D eigenvalue weighted by Crippen LogP contribution is -2.28. The van der Waals surface area contributed by atoms with Gasteiger partial charge < -0.3 is 14.6 Å². The van der Waals surface area contributed by atoms with E-state index in [1.807, 2.05) is 71.3 Å². The molecule has 0 radical (unpaired) electrons. The quantitative estimate of drug-likeness (QED) is 0.435. The van der Waals surface area contributed by atoms with Crippen molar-refractivity contribution in [2.75, 3.05) is 0 Å². The summed E-state index contributed by atoms with van der Waals surface area (Å²) in [5, 5.41) is 3.06. The summed E-state index contributed by atoms with van der Waals surface area (Å²) in [5.74, 6) is 0.893. The van der Waals surface area contributed by atoms with Gasteiger partial charge in [0.25, 0.3) is 0 Å². The van der Waals surface area contributed by atoms with E-state index in [9.17, 15) is 4.79 Å². The van der Waals surface area contributed by atoms with Crippen LogP contribution < -0.4 is 5.32 Å². The van der Waals surface area contributed by atoms with Crippen molar-refractivity contribution in [1.82, 2.24) is 14.9 Å². The monoisotopic (exact) mass is 413 g/mol. The summed E-state index contributed by atoms with van der Waals surface area (Å²) in [5.41, 5.74) is 5.21. The van der Waals surface area contributed by atoms with E-state index in [2.05, 4.69) is 29.4 Å². The molecule has 0 atom stereocenters. The molecule has 0 aliphatic heterocycles. The van der Waals surface area contributed by atoms with Crippen molar-refractivity contribution < 1.29 is 9.53 Å². The Hall–Kier alpha value is -3.44. The van der Waals surface area contributed by atoms with Gasteiger partial charge >= 0.3 is 0 Å². The molecule has 4 aromatic rings. The highest BCUT2D eigenvalue weighted by atomic mass is 16.5. The van der Waals surface area contributed by atoms with Gasteiger partial charge in [-0.25, -0.2) is 4.98 Å². The normalized spacial score (nSPS) is 11.0. The van der Waals surface area contributed by atoms with Crippen molar-refractivity contribution in [3.63, 3.8) is 0 Å². The van der Waals surface area contributed by atoms with Crippen molar-refractivity contribution in [2.24, 2.45) is 0 Å². The van der Waals surface area contributed by atoms with Gasteiger partial charge in [0, 0.05) is 13.0 Å². The number of fused-ring (bicyclic) bond motifs is 1. The summed E-state index contributed by atoms with van der Waals surface area (Å²) in [6.07, 6.45) is 0.781. The zero-order valence-electron chi connectivity index (χ0n) is 17.8. The van der Waals surface area contributed by atoms with Crippen molar-refractivity contribution in [3.05, 3.63) is 101 Å². The van der Waals surface area contributed by atoms with E-state index < -0.39 is 0 Å². The third kappa shape index (κ3) is 5.19. The van der Waals surface area contributed by atoms with E-state index in [4.69, 9.17) is 4.74 Å². The molecule has 4 rings (SSSR count). The number of para-hydroxylation sites is 2. The van der Waals surface area contributed by atoms with Crippen LogP contribution in [0.3, 0.4) is 0 Å². The summed E-state index contributed by atoms with van der Waals surface area (Å²) in [6, 6.07) is 26.1. The Morgan fingerprint density at radius 2 is 1.61 bits per heavy atom. The predicted molar refractivity (Wildman–Crippen MR) is 122 cm³/mol. The average molecular weight is 414 g/mol. The van der Waals surface area contributed by atoms with Gasteiger partial charge in [-0.3, -0.25) is 4.79 Å². The molecule has 0 saturated carbocycles. The van der Waals surface area contributed by atoms with Crippen LogP contribution >= 0.6 is 0 Å². The van der Waals surface area contributed by atoms with Gasteiger partial charge in [0.1, 0.15) is 12.4 Å². The van der Waals surface area contributed by atoms with E-state index in [1.54, 1.807) is 0 Å². The number of carbonyl (C=O) groups excluding carboxylic acids is 1. The highest BCUT2D eigenvalue weighted by molar-refractivity contribution is 5.81. The summed E-state index contributed by atoms with van der Waals surface area (Å²) >= 11 is 0. The molecule has 0 fully saturated rings. The Labute approximate surface area is 182 Å². The fourth-order valence-corrected chi connectivity index (χ4v) is 3.69. The van der Waals surface area contributed by atoms with Crippen LogP contribution in [-0.4, -0.2) is 15.5 Å². The van der Waals surface area contributed by atoms with Crippen LogP contribution in [0.25, 0.3) is 11.0 Å². The summed E-state index contributed by atoms with van der Waals surface area (Å²) in [7, 11) is 0. The maximum absolute atomic E-state index is 12.7. The zero-order valence-corrected chi connectivity index (χ0v) is 17.8. The SMILES string of the molecule is CCc1nc2ccccc2n1CC(=O)NCc1ccccc1COCc1ccccc1. The van der Waals surface area contributed by atoms with E-state index in [0.717, 1.165) is 40.0 Å². The molecule has 31 heavy (non-hydrogen) atoms. The molecule has 0 saturated heterocycles. The average Bonchev–Trinajstić information content (AvgIpc) is 3.16. The van der Waals surface area contributed by atoms with Crippen LogP contribution in [0, 0.1) is 0 Å². The van der Waals surface area contributed by atoms with Crippen molar-refractivity contribution in [2.45, 2.75) is 39.6 Å². The van der Waals surface area contributed by atoms with Crippen LogP contribution in [0.1, 0.15) is 29.4 Å². The highest BCUT2D eigenvalue weighted by Gasteiger charge is 2.12. The summed E-state index contributed by atoms with van der Waals surface area (Å²) in [4.78, 5) is 17.4. The molecule has 0 bridgehead atoms. The number of aryl methyl sites for hydroxylation is 1. The van der Waals surface area contributed by atoms with Crippen LogP contribution in [0.15, 0.2) is 78.9 Å². The smallest absolute Gasteiger partial charge is 0.240 e. The minimum Gasteiger partial charge on any atom is -0.372 e. The Bertz CT molecular complexity index is 1150. The fraction of sp³-hybridized carbons (Fsp3) is 0.231. The lowest BCUT2D eigenvalue weighted by Gasteiger charge is -2.13. The van der Waals surface area contributed by atoms with Crippen molar-refractivity contribution in [1.29, 1.82) is 0 Å². The van der Waals surface area contributed by atoms with Gasteiger partial charge in [-0.05, 0) is 28.8 Å². The second-order valence-corrected chi connectivity index (χ2v) is 7.48. The second-order valence-electron chi connectivity index (χ2n) is 7.48. The fourth-order valence-electron chi connectivity index (χ4n) is 3.69. The molecule has 1 N–H and O–H groups in total. The van der Waals surface area contributed by atoms with Crippen molar-refractivity contribution in [3.8, 4) is 0 Å². The summed E-state index contributed by atoms with van der Waals surface area (Å²) < 4.78 is 7.89. The molecule has 0 spiro atoms. The third-order valence-electron chi connectivity index (χ3n) is 5.32. The lowest BCUT2D eigenvalue weighted by atomic mass is 10.1. The summed E-state index contributed by atoms with van der Waals surface area (Å²) in [6.45, 7) is 3.86. The number of benzene rings is 3. The van der Waals surface area contributed by atoms with Crippen LogP contribution in [0.2, 0.25) is 0 Å². The molecule has 0 unspecified atom stereocenters. The number of hydrogen-bond donors (Lipinski definition) is 1. The first-order valence-electron chi connectivity index (χ1n) is 10.6. The van der Waals surface area contributed by atoms with Gasteiger partial charge in [0.15, 0.2) is 0 Å². The number of ether oxygens (including phenoxy) is 1. The van der Waals surface area contributed by atoms with Gasteiger partial charge in [-0.2, -0.15) is 0 Å². The molecule has 5 heteroatoms. The number of rotatable bonds is 9. The molecule has 0 aliphatic rings. The van der Waals surface area contributed by atoms with E-state index in [0.29, 0.717) is 19.8 Å². The molecule has 3 aromatic carbocycles. The first-order valence-corrected chi connectivity index (χ1v) is 10.6. The molecule has 5 nitrogen and oxygen atoms in total. The van der Waals surface area contributed by atoms with Crippen molar-refractivity contribution >= 4 is 16.9 Å². The third-order valence-corrected chi connectivity index (χ3v) is 5.32. The molecule has 1 amide bonds. The first kappa shape index (κ1) is 20.8. The number of carbonyl (C=O) groups is 1. The maximum Gasteiger partial charge on any atom is 0.240 e. The van der Waals surface area contributed by atoms with Gasteiger partial charge in [0.05, 0.1) is 24.2 Å². The van der Waals surface area contributed by atoms with Crippen LogP contribution in [0.5, 0.6) is 0 Å². The van der Waals surface area contributed by atoms with E-state index in [1.165, 1.54) is 0 Å². The Balaban J connectivity index is 1.37. The lowest BCUT2D eigenvalue weighted by molar-refractivity contribution is -0.121.